The second kappa shape index (κ2) is 8.53. The van der Waals surface area contributed by atoms with Crippen LogP contribution in [0.2, 0.25) is 0 Å². The Balaban J connectivity index is 1.48. The first-order valence-electron chi connectivity index (χ1n) is 8.57. The van der Waals surface area contributed by atoms with Gasteiger partial charge >= 0.3 is 5.97 Å². The first-order valence-corrected chi connectivity index (χ1v) is 8.57. The summed E-state index contributed by atoms with van der Waals surface area (Å²) in [6, 6.07) is 10.8. The van der Waals surface area contributed by atoms with E-state index in [0.29, 0.717) is 26.1 Å². The Morgan fingerprint density at radius 1 is 1.31 bits per heavy atom. The number of pyridine rings is 1. The molecule has 3 N–H and O–H groups in total. The molecule has 3 rings (SSSR count). The minimum Gasteiger partial charge on any atom is -0.493 e. The minimum absolute atomic E-state index is 0.414. The summed E-state index contributed by atoms with van der Waals surface area (Å²) in [6.07, 6.45) is 1.13. The van der Waals surface area contributed by atoms with Crippen LogP contribution < -0.4 is 20.5 Å². The number of methoxy groups -OCH3 is 1. The fourth-order valence-electron chi connectivity index (χ4n) is 2.68. The molecule has 0 saturated heterocycles. The van der Waals surface area contributed by atoms with Crippen molar-refractivity contribution in [3.63, 3.8) is 0 Å². The molecular weight excluding hydrogens is 334 g/mol. The minimum atomic E-state index is -0.653. The molecule has 0 spiro atoms. The van der Waals surface area contributed by atoms with Crippen molar-refractivity contribution in [1.29, 1.82) is 0 Å². The number of fused-ring (bicyclic) bond motifs is 1. The normalized spacial score (nSPS) is 13.8. The van der Waals surface area contributed by atoms with Crippen LogP contribution in [0.4, 0.5) is 5.82 Å². The first kappa shape index (κ1) is 18.0. The van der Waals surface area contributed by atoms with E-state index in [1.54, 1.807) is 0 Å². The maximum atomic E-state index is 11.4. The molecule has 0 fully saturated rings. The number of hydrogen-bond donors (Lipinski definition) is 2. The summed E-state index contributed by atoms with van der Waals surface area (Å²) >= 11 is 0. The van der Waals surface area contributed by atoms with Crippen LogP contribution in [0.15, 0.2) is 36.4 Å². The Hall–Kier alpha value is -2.80. The SMILES string of the molecule is COC(=O)C(N)Cc1ccc(OCCc2ccc3c(n2)NCCO3)cc1. The Morgan fingerprint density at radius 2 is 2.12 bits per heavy atom. The van der Waals surface area contributed by atoms with Crippen molar-refractivity contribution >= 4 is 11.8 Å². The Kier molecular flexibility index (Phi) is 5.91. The van der Waals surface area contributed by atoms with Crippen LogP contribution >= 0.6 is 0 Å². The van der Waals surface area contributed by atoms with Crippen molar-refractivity contribution in [2.75, 3.05) is 32.2 Å². The molecular formula is C19H23N3O4. The number of aromatic nitrogens is 1. The van der Waals surface area contributed by atoms with E-state index in [4.69, 9.17) is 15.2 Å². The predicted octanol–water partition coefficient (Wildman–Crippen LogP) is 1.55. The Morgan fingerprint density at radius 3 is 2.88 bits per heavy atom. The van der Waals surface area contributed by atoms with Gasteiger partial charge in [0.15, 0.2) is 11.6 Å². The smallest absolute Gasteiger partial charge is 0.322 e. The second-order valence-corrected chi connectivity index (χ2v) is 6.00. The highest BCUT2D eigenvalue weighted by Crippen LogP contribution is 2.25. The van der Waals surface area contributed by atoms with Gasteiger partial charge in [-0.2, -0.15) is 0 Å². The van der Waals surface area contributed by atoms with Crippen LogP contribution in [0.5, 0.6) is 11.5 Å². The summed E-state index contributed by atoms with van der Waals surface area (Å²) in [5.74, 6) is 1.93. The van der Waals surface area contributed by atoms with Crippen molar-refractivity contribution in [2.45, 2.75) is 18.9 Å². The zero-order valence-electron chi connectivity index (χ0n) is 14.7. The molecule has 0 bridgehead atoms. The van der Waals surface area contributed by atoms with Gasteiger partial charge in [-0.25, -0.2) is 4.98 Å². The number of ether oxygens (including phenoxy) is 3. The van der Waals surface area contributed by atoms with Crippen LogP contribution in [0, 0.1) is 0 Å². The Labute approximate surface area is 152 Å². The van der Waals surface area contributed by atoms with E-state index in [1.165, 1.54) is 7.11 Å². The third-order valence-corrected chi connectivity index (χ3v) is 4.08. The van der Waals surface area contributed by atoms with Crippen molar-refractivity contribution in [1.82, 2.24) is 4.98 Å². The standard InChI is InChI=1S/C19H23N3O4/c1-24-19(23)16(20)12-13-2-5-15(6-3-13)25-10-8-14-4-7-17-18(22-14)21-9-11-26-17/h2-7,16H,8-12,20H2,1H3,(H,21,22). The second-order valence-electron chi connectivity index (χ2n) is 6.00. The highest BCUT2D eigenvalue weighted by molar-refractivity contribution is 5.75. The lowest BCUT2D eigenvalue weighted by Crippen LogP contribution is -2.33. The van der Waals surface area contributed by atoms with E-state index < -0.39 is 12.0 Å². The molecule has 1 unspecified atom stereocenters. The van der Waals surface area contributed by atoms with Crippen LogP contribution in [0.3, 0.4) is 0 Å². The molecule has 7 heteroatoms. The summed E-state index contributed by atoms with van der Waals surface area (Å²) in [5, 5.41) is 3.22. The van der Waals surface area contributed by atoms with Gasteiger partial charge < -0.3 is 25.3 Å². The van der Waals surface area contributed by atoms with E-state index in [-0.39, 0.29) is 0 Å². The maximum Gasteiger partial charge on any atom is 0.322 e. The predicted molar refractivity (Wildman–Crippen MR) is 97.6 cm³/mol. The van der Waals surface area contributed by atoms with Gasteiger partial charge in [-0.3, -0.25) is 4.79 Å². The van der Waals surface area contributed by atoms with Gasteiger partial charge in [0.25, 0.3) is 0 Å². The van der Waals surface area contributed by atoms with Gasteiger partial charge in [-0.05, 0) is 36.2 Å². The number of rotatable bonds is 7. The number of anilines is 1. The summed E-state index contributed by atoms with van der Waals surface area (Å²) in [7, 11) is 1.33. The maximum absolute atomic E-state index is 11.4. The van der Waals surface area contributed by atoms with Crippen LogP contribution in [-0.4, -0.2) is 43.9 Å². The monoisotopic (exact) mass is 357 g/mol. The summed E-state index contributed by atoms with van der Waals surface area (Å²) < 4.78 is 15.9. The van der Waals surface area contributed by atoms with Gasteiger partial charge in [0.2, 0.25) is 0 Å². The van der Waals surface area contributed by atoms with Gasteiger partial charge in [0.05, 0.1) is 20.3 Å². The topological polar surface area (TPSA) is 95.7 Å². The molecule has 1 aliphatic heterocycles. The molecule has 0 saturated carbocycles. The lowest BCUT2D eigenvalue weighted by Gasteiger charge is -2.18. The molecule has 0 amide bonds. The van der Waals surface area contributed by atoms with Gasteiger partial charge in [-0.1, -0.05) is 12.1 Å². The number of benzene rings is 1. The van der Waals surface area contributed by atoms with Crippen LogP contribution in [0.1, 0.15) is 11.3 Å². The van der Waals surface area contributed by atoms with Crippen molar-refractivity contribution in [3.05, 3.63) is 47.7 Å². The van der Waals surface area contributed by atoms with Crippen LogP contribution in [0.25, 0.3) is 0 Å². The Bertz CT molecular complexity index is 749. The van der Waals surface area contributed by atoms with E-state index >= 15 is 0 Å². The lowest BCUT2D eigenvalue weighted by molar-refractivity contribution is -0.142. The third kappa shape index (κ3) is 4.64. The molecule has 26 heavy (non-hydrogen) atoms. The highest BCUT2D eigenvalue weighted by atomic mass is 16.5. The highest BCUT2D eigenvalue weighted by Gasteiger charge is 2.14. The van der Waals surface area contributed by atoms with E-state index in [0.717, 1.165) is 35.1 Å². The molecule has 0 aliphatic carbocycles. The van der Waals surface area contributed by atoms with Crippen LogP contribution in [-0.2, 0) is 22.4 Å². The third-order valence-electron chi connectivity index (χ3n) is 4.08. The molecule has 1 atom stereocenters. The molecule has 2 aromatic rings. The largest absolute Gasteiger partial charge is 0.493 e. The molecule has 138 valence electrons. The number of esters is 1. The summed E-state index contributed by atoms with van der Waals surface area (Å²) in [5.41, 5.74) is 7.67. The number of nitrogens with one attached hydrogen (secondary N) is 1. The summed E-state index contributed by atoms with van der Waals surface area (Å²) in [6.45, 7) is 1.96. The average molecular weight is 357 g/mol. The van der Waals surface area contributed by atoms with Crippen molar-refractivity contribution in [2.24, 2.45) is 5.73 Å². The summed E-state index contributed by atoms with van der Waals surface area (Å²) in [4.78, 5) is 15.9. The van der Waals surface area contributed by atoms with Crippen molar-refractivity contribution < 1.29 is 19.0 Å². The molecule has 2 heterocycles. The number of nitrogens with zero attached hydrogens (tertiary/aromatic N) is 1. The molecule has 7 nitrogen and oxygen atoms in total. The first-order chi connectivity index (χ1) is 12.7. The molecule has 0 radical (unpaired) electrons. The number of carbonyl (C=O) groups excluding carboxylic acids is 1. The molecule has 1 aromatic heterocycles. The van der Waals surface area contributed by atoms with E-state index in [9.17, 15) is 4.79 Å². The molecule has 1 aliphatic rings. The number of nitrogens with two attached hydrogens (primary N) is 1. The fourth-order valence-corrected chi connectivity index (χ4v) is 2.68. The lowest BCUT2D eigenvalue weighted by atomic mass is 10.1. The van der Waals surface area contributed by atoms with Gasteiger partial charge in [0, 0.05) is 12.1 Å². The zero-order valence-corrected chi connectivity index (χ0v) is 14.7. The fraction of sp³-hybridized carbons (Fsp3) is 0.368. The zero-order chi connectivity index (χ0) is 18.4. The molecule has 1 aromatic carbocycles. The van der Waals surface area contributed by atoms with E-state index in [1.807, 2.05) is 36.4 Å². The van der Waals surface area contributed by atoms with Gasteiger partial charge in [-0.15, -0.1) is 0 Å². The van der Waals surface area contributed by atoms with Crippen molar-refractivity contribution in [3.8, 4) is 11.5 Å². The quantitative estimate of drug-likeness (QED) is 0.726. The number of hydrogen-bond acceptors (Lipinski definition) is 7. The average Bonchev–Trinajstić information content (AvgIpc) is 2.68. The number of carbonyl (C=O) groups is 1. The van der Waals surface area contributed by atoms with E-state index in [2.05, 4.69) is 15.0 Å². The van der Waals surface area contributed by atoms with Gasteiger partial charge in [0.1, 0.15) is 18.4 Å².